The lowest BCUT2D eigenvalue weighted by molar-refractivity contribution is -0.139. The van der Waals surface area contributed by atoms with Crippen LogP contribution in [0.15, 0.2) is 59.1 Å². The molecule has 2 aromatic heterocycles. The normalized spacial score (nSPS) is 11.1. The number of thioether (sulfide) groups is 1. The number of thiazole rings is 1. The predicted molar refractivity (Wildman–Crippen MR) is 104 cm³/mol. The molecule has 7 heteroatoms. The highest BCUT2D eigenvalue weighted by Gasteiger charge is 2.15. The Balaban J connectivity index is 1.32. The molecule has 0 aliphatic heterocycles. The Bertz CT molecular complexity index is 1070. The highest BCUT2D eigenvalue weighted by Crippen LogP contribution is 2.29. The minimum absolute atomic E-state index is 0.126. The van der Waals surface area contributed by atoms with Crippen LogP contribution in [0, 0.1) is 0 Å². The molecule has 0 radical (unpaired) electrons. The molecule has 0 fully saturated rings. The molecule has 0 unspecified atom stereocenters. The van der Waals surface area contributed by atoms with E-state index in [0.717, 1.165) is 25.5 Å². The summed E-state index contributed by atoms with van der Waals surface area (Å²) in [5.41, 5.74) is 2.34. The van der Waals surface area contributed by atoms with E-state index in [2.05, 4.69) is 9.97 Å². The maximum absolute atomic E-state index is 12.3. The lowest BCUT2D eigenvalue weighted by Crippen LogP contribution is -2.15. The minimum Gasteiger partial charge on any atom is -0.457 e. The molecule has 0 spiro atoms. The number of esters is 1. The first-order valence-corrected chi connectivity index (χ1v) is 9.74. The smallest absolute Gasteiger partial charge is 0.316 e. The van der Waals surface area contributed by atoms with Gasteiger partial charge in [-0.05, 0) is 18.2 Å². The van der Waals surface area contributed by atoms with E-state index in [1.165, 1.54) is 23.1 Å². The van der Waals surface area contributed by atoms with Crippen LogP contribution in [-0.4, -0.2) is 34.1 Å². The van der Waals surface area contributed by atoms with Crippen molar-refractivity contribution in [1.29, 1.82) is 0 Å². The molecule has 2 heterocycles. The number of fused-ring (bicyclic) bond motifs is 2. The average Bonchev–Trinajstić information content (AvgIpc) is 3.28. The van der Waals surface area contributed by atoms with Gasteiger partial charge in [0.2, 0.25) is 5.78 Å². The van der Waals surface area contributed by atoms with E-state index >= 15 is 0 Å². The first-order chi connectivity index (χ1) is 12.7. The van der Waals surface area contributed by atoms with Crippen molar-refractivity contribution < 1.29 is 14.3 Å². The maximum atomic E-state index is 12.3. The van der Waals surface area contributed by atoms with Gasteiger partial charge in [-0.1, -0.05) is 42.1 Å². The fourth-order valence-corrected chi connectivity index (χ4v) is 4.47. The summed E-state index contributed by atoms with van der Waals surface area (Å²) in [5.74, 6) is -0.524. The third-order valence-electron chi connectivity index (χ3n) is 3.84. The van der Waals surface area contributed by atoms with Crippen molar-refractivity contribution in [1.82, 2.24) is 9.97 Å². The average molecular weight is 382 g/mol. The Morgan fingerprint density at radius 2 is 1.92 bits per heavy atom. The molecule has 26 heavy (non-hydrogen) atoms. The standard InChI is InChI=1S/C19H14N2O3S2/c22-16(13-9-20-14-6-2-1-5-12(13)14)10-24-18(23)11-25-19-21-15-7-3-4-8-17(15)26-19/h1-9,20H,10-11H2. The number of carbonyl (C=O) groups excluding carboxylic acids is 2. The van der Waals surface area contributed by atoms with E-state index in [1.807, 2.05) is 48.5 Å². The molecule has 5 nitrogen and oxygen atoms in total. The number of hydrogen-bond acceptors (Lipinski definition) is 6. The van der Waals surface area contributed by atoms with Crippen molar-refractivity contribution in [2.75, 3.05) is 12.4 Å². The molecule has 1 N–H and O–H groups in total. The van der Waals surface area contributed by atoms with Gasteiger partial charge in [0.15, 0.2) is 10.9 Å². The van der Waals surface area contributed by atoms with E-state index < -0.39 is 5.97 Å². The van der Waals surface area contributed by atoms with Crippen molar-refractivity contribution in [3.63, 3.8) is 0 Å². The number of nitrogens with zero attached hydrogens (tertiary/aromatic N) is 1. The zero-order valence-electron chi connectivity index (χ0n) is 13.6. The van der Waals surface area contributed by atoms with Gasteiger partial charge in [-0.25, -0.2) is 4.98 Å². The molecular formula is C19H14N2O3S2. The number of rotatable bonds is 6. The number of aromatic nitrogens is 2. The van der Waals surface area contributed by atoms with Gasteiger partial charge in [-0.3, -0.25) is 9.59 Å². The molecule has 2 aromatic carbocycles. The van der Waals surface area contributed by atoms with Crippen LogP contribution in [0.3, 0.4) is 0 Å². The van der Waals surface area contributed by atoms with Gasteiger partial charge in [0, 0.05) is 22.7 Å². The van der Waals surface area contributed by atoms with Gasteiger partial charge < -0.3 is 9.72 Å². The topological polar surface area (TPSA) is 72.0 Å². The third-order valence-corrected chi connectivity index (χ3v) is 5.99. The number of para-hydroxylation sites is 2. The molecule has 130 valence electrons. The first-order valence-electron chi connectivity index (χ1n) is 7.94. The fraction of sp³-hybridized carbons (Fsp3) is 0.105. The Hall–Kier alpha value is -2.64. The van der Waals surface area contributed by atoms with Crippen LogP contribution in [0.4, 0.5) is 0 Å². The highest BCUT2D eigenvalue weighted by molar-refractivity contribution is 8.01. The van der Waals surface area contributed by atoms with Gasteiger partial charge in [-0.15, -0.1) is 11.3 Å². The summed E-state index contributed by atoms with van der Waals surface area (Å²) < 4.78 is 7.02. The van der Waals surface area contributed by atoms with Gasteiger partial charge in [-0.2, -0.15) is 0 Å². The monoisotopic (exact) mass is 382 g/mol. The molecule has 0 saturated carbocycles. The summed E-state index contributed by atoms with van der Waals surface area (Å²) in [6, 6.07) is 15.3. The molecule has 0 bridgehead atoms. The van der Waals surface area contributed by atoms with E-state index in [9.17, 15) is 9.59 Å². The van der Waals surface area contributed by atoms with Crippen LogP contribution in [0.2, 0.25) is 0 Å². The third kappa shape index (κ3) is 3.49. The van der Waals surface area contributed by atoms with Crippen LogP contribution < -0.4 is 0 Å². The van der Waals surface area contributed by atoms with Gasteiger partial charge in [0.25, 0.3) is 0 Å². The first kappa shape index (κ1) is 16.8. The van der Waals surface area contributed by atoms with Crippen molar-refractivity contribution in [2.24, 2.45) is 0 Å². The quantitative estimate of drug-likeness (QED) is 0.306. The number of nitrogens with one attached hydrogen (secondary N) is 1. The second-order valence-corrected chi connectivity index (χ2v) is 7.82. The van der Waals surface area contributed by atoms with E-state index in [0.29, 0.717) is 5.56 Å². The number of aromatic amines is 1. The SMILES string of the molecule is O=C(CSc1nc2ccccc2s1)OCC(=O)c1c[nH]c2ccccc12. The molecule has 0 saturated heterocycles. The van der Waals surface area contributed by atoms with Gasteiger partial charge in [0.1, 0.15) is 0 Å². The Morgan fingerprint density at radius 3 is 2.81 bits per heavy atom. The molecule has 0 amide bonds. The summed E-state index contributed by atoms with van der Waals surface area (Å²) in [6.07, 6.45) is 1.65. The van der Waals surface area contributed by atoms with Crippen LogP contribution in [-0.2, 0) is 9.53 Å². The minimum atomic E-state index is -0.428. The number of benzene rings is 2. The number of ether oxygens (including phenoxy) is 1. The molecule has 0 aliphatic rings. The second kappa shape index (κ2) is 7.31. The van der Waals surface area contributed by atoms with Crippen LogP contribution in [0.1, 0.15) is 10.4 Å². The zero-order chi connectivity index (χ0) is 17.9. The molecule has 4 aromatic rings. The van der Waals surface area contributed by atoms with Gasteiger partial charge >= 0.3 is 5.97 Å². The Labute approximate surface area is 157 Å². The van der Waals surface area contributed by atoms with Crippen molar-refractivity contribution in [3.8, 4) is 0 Å². The lowest BCUT2D eigenvalue weighted by atomic mass is 10.1. The molecule has 0 aliphatic carbocycles. The Kier molecular flexibility index (Phi) is 4.73. The predicted octanol–water partition coefficient (Wildman–Crippen LogP) is 4.30. The maximum Gasteiger partial charge on any atom is 0.316 e. The van der Waals surface area contributed by atoms with E-state index in [1.54, 1.807) is 6.20 Å². The fourth-order valence-electron chi connectivity index (χ4n) is 2.60. The van der Waals surface area contributed by atoms with Crippen LogP contribution in [0.5, 0.6) is 0 Å². The van der Waals surface area contributed by atoms with Crippen LogP contribution in [0.25, 0.3) is 21.1 Å². The van der Waals surface area contributed by atoms with Crippen molar-refractivity contribution in [3.05, 3.63) is 60.3 Å². The zero-order valence-corrected chi connectivity index (χ0v) is 15.2. The number of ketones is 1. The molecule has 0 atom stereocenters. The molecular weight excluding hydrogens is 368 g/mol. The van der Waals surface area contributed by atoms with E-state index in [-0.39, 0.29) is 18.1 Å². The summed E-state index contributed by atoms with van der Waals surface area (Å²) >= 11 is 2.86. The highest BCUT2D eigenvalue weighted by atomic mass is 32.2. The number of H-pyrrole nitrogens is 1. The number of hydrogen-bond donors (Lipinski definition) is 1. The van der Waals surface area contributed by atoms with E-state index in [4.69, 9.17) is 4.74 Å². The summed E-state index contributed by atoms with van der Waals surface area (Å²) in [4.78, 5) is 31.7. The van der Waals surface area contributed by atoms with Crippen molar-refractivity contribution >= 4 is 56.0 Å². The van der Waals surface area contributed by atoms with Crippen LogP contribution >= 0.6 is 23.1 Å². The molecule has 4 rings (SSSR count). The summed E-state index contributed by atoms with van der Waals surface area (Å²) in [6.45, 7) is -0.263. The number of carbonyl (C=O) groups is 2. The Morgan fingerprint density at radius 1 is 1.12 bits per heavy atom. The second-order valence-electron chi connectivity index (χ2n) is 5.57. The van der Waals surface area contributed by atoms with Crippen molar-refractivity contribution in [2.45, 2.75) is 4.34 Å². The van der Waals surface area contributed by atoms with Gasteiger partial charge in [0.05, 0.1) is 16.0 Å². The largest absolute Gasteiger partial charge is 0.457 e. The summed E-state index contributed by atoms with van der Waals surface area (Å²) in [7, 11) is 0. The summed E-state index contributed by atoms with van der Waals surface area (Å²) in [5, 5.41) is 0.831. The lowest BCUT2D eigenvalue weighted by Gasteiger charge is -2.03. The number of Topliss-reactive ketones (excluding diaryl/α,β-unsaturated/α-hetero) is 1.